The molecule has 0 aliphatic carbocycles. The monoisotopic (exact) mass is 499 g/mol. The molecule has 0 radical (unpaired) electrons. The van der Waals surface area contributed by atoms with Crippen molar-refractivity contribution in [2.45, 2.75) is 26.4 Å². The van der Waals surface area contributed by atoms with Crippen molar-refractivity contribution in [3.63, 3.8) is 0 Å². The number of halogens is 1. The largest absolute Gasteiger partial charge is 0.444 e. The summed E-state index contributed by atoms with van der Waals surface area (Å²) in [5.74, 6) is 2.25. The number of rotatable bonds is 6. The van der Waals surface area contributed by atoms with E-state index < -0.39 is 0 Å². The van der Waals surface area contributed by atoms with E-state index in [9.17, 15) is 0 Å². The molecule has 3 rings (SSSR count). The van der Waals surface area contributed by atoms with E-state index in [1.165, 1.54) is 5.56 Å². The molecule has 2 aromatic rings. The number of morpholine rings is 1. The highest BCUT2D eigenvalue weighted by Gasteiger charge is 2.22. The lowest BCUT2D eigenvalue weighted by Crippen LogP contribution is -2.46. The molecule has 2 N–H and O–H groups in total. The Bertz CT molecular complexity index is 725. The minimum Gasteiger partial charge on any atom is -0.444 e. The van der Waals surface area contributed by atoms with Gasteiger partial charge in [-0.2, -0.15) is 0 Å². The van der Waals surface area contributed by atoms with E-state index in [0.717, 1.165) is 50.3 Å². The van der Waals surface area contributed by atoms with Crippen LogP contribution in [0.4, 0.5) is 0 Å². The van der Waals surface area contributed by atoms with Gasteiger partial charge in [-0.05, 0) is 19.4 Å². The van der Waals surface area contributed by atoms with Crippen molar-refractivity contribution in [3.8, 4) is 0 Å². The number of aryl methyl sites for hydroxylation is 2. The summed E-state index contributed by atoms with van der Waals surface area (Å²) in [5, 5.41) is 6.72. The molecule has 1 fully saturated rings. The zero-order chi connectivity index (χ0) is 19.1. The van der Waals surface area contributed by atoms with Crippen LogP contribution < -0.4 is 10.6 Å². The zero-order valence-corrected chi connectivity index (χ0v) is 19.1. The molecular weight excluding hydrogens is 469 g/mol. The van der Waals surface area contributed by atoms with Crippen LogP contribution in [-0.4, -0.2) is 55.7 Å². The molecule has 154 valence electrons. The van der Waals surface area contributed by atoms with Crippen LogP contribution in [0.3, 0.4) is 0 Å². The van der Waals surface area contributed by atoms with E-state index >= 15 is 0 Å². The van der Waals surface area contributed by atoms with E-state index in [-0.39, 0.29) is 30.0 Å². The van der Waals surface area contributed by atoms with Gasteiger partial charge >= 0.3 is 0 Å². The lowest BCUT2D eigenvalue weighted by Gasteiger charge is -2.35. The van der Waals surface area contributed by atoms with E-state index in [0.29, 0.717) is 12.4 Å². The molecule has 0 bridgehead atoms. The normalized spacial score (nSPS) is 16.3. The molecule has 8 heteroatoms. The summed E-state index contributed by atoms with van der Waals surface area (Å²) in [6, 6.07) is 10.8. The smallest absolute Gasteiger partial charge is 0.214 e. The Morgan fingerprint density at radius 3 is 2.50 bits per heavy atom. The van der Waals surface area contributed by atoms with Crippen molar-refractivity contribution in [2.24, 2.45) is 4.99 Å². The number of benzene rings is 1. The fourth-order valence-electron chi connectivity index (χ4n) is 3.21. The number of nitrogens with zero attached hydrogens (tertiary/aromatic N) is 3. The first-order valence-corrected chi connectivity index (χ1v) is 9.41. The van der Waals surface area contributed by atoms with Crippen molar-refractivity contribution >= 4 is 29.9 Å². The third kappa shape index (κ3) is 6.18. The van der Waals surface area contributed by atoms with Crippen molar-refractivity contribution < 1.29 is 9.15 Å². The predicted molar refractivity (Wildman–Crippen MR) is 121 cm³/mol. The summed E-state index contributed by atoms with van der Waals surface area (Å²) in [7, 11) is 1.77. The van der Waals surface area contributed by atoms with E-state index in [4.69, 9.17) is 9.15 Å². The van der Waals surface area contributed by atoms with Gasteiger partial charge in [-0.1, -0.05) is 30.3 Å². The highest BCUT2D eigenvalue weighted by atomic mass is 127. The fourth-order valence-corrected chi connectivity index (χ4v) is 3.21. The first-order chi connectivity index (χ1) is 13.2. The third-order valence-electron chi connectivity index (χ3n) is 4.84. The van der Waals surface area contributed by atoms with Gasteiger partial charge in [0.15, 0.2) is 5.96 Å². The molecule has 2 heterocycles. The highest BCUT2D eigenvalue weighted by molar-refractivity contribution is 14.0. The summed E-state index contributed by atoms with van der Waals surface area (Å²) >= 11 is 0. The maximum absolute atomic E-state index is 5.62. The second kappa shape index (κ2) is 11.4. The van der Waals surface area contributed by atoms with Crippen LogP contribution >= 0.6 is 24.0 Å². The maximum Gasteiger partial charge on any atom is 0.214 e. The molecular formula is C20H30IN5O2. The third-order valence-corrected chi connectivity index (χ3v) is 4.84. The van der Waals surface area contributed by atoms with Crippen molar-refractivity contribution in [1.82, 2.24) is 20.5 Å². The van der Waals surface area contributed by atoms with Gasteiger partial charge in [-0.3, -0.25) is 9.89 Å². The number of hydrogen-bond acceptors (Lipinski definition) is 5. The number of hydrogen-bond donors (Lipinski definition) is 2. The Balaban J connectivity index is 0.00000280. The average molecular weight is 499 g/mol. The molecule has 1 aromatic heterocycles. The molecule has 0 saturated carbocycles. The summed E-state index contributed by atoms with van der Waals surface area (Å²) in [4.78, 5) is 11.2. The molecule has 0 amide bonds. The van der Waals surface area contributed by atoms with Gasteiger partial charge < -0.3 is 19.8 Å². The SMILES string of the molecule is CN=C(NCc1nc(C)c(C)o1)NCC(c1ccccc1)N1CCOCC1.I. The van der Waals surface area contributed by atoms with E-state index in [1.807, 2.05) is 19.9 Å². The molecule has 1 unspecified atom stereocenters. The summed E-state index contributed by atoms with van der Waals surface area (Å²) in [6.07, 6.45) is 0. The number of nitrogens with one attached hydrogen (secondary N) is 2. The molecule has 28 heavy (non-hydrogen) atoms. The second-order valence-electron chi connectivity index (χ2n) is 6.63. The summed E-state index contributed by atoms with van der Waals surface area (Å²) in [5.41, 5.74) is 2.22. The van der Waals surface area contributed by atoms with Gasteiger partial charge in [0.2, 0.25) is 5.89 Å². The Morgan fingerprint density at radius 1 is 1.18 bits per heavy atom. The van der Waals surface area contributed by atoms with Gasteiger partial charge in [0.05, 0.1) is 31.5 Å². The number of oxazole rings is 1. The van der Waals surface area contributed by atoms with Gasteiger partial charge in [0, 0.05) is 26.7 Å². The summed E-state index contributed by atoms with van der Waals surface area (Å²) < 4.78 is 11.1. The molecule has 1 atom stereocenters. The van der Waals surface area contributed by atoms with Crippen molar-refractivity contribution in [2.75, 3.05) is 39.9 Å². The van der Waals surface area contributed by atoms with Crippen LogP contribution in [0.5, 0.6) is 0 Å². The van der Waals surface area contributed by atoms with Crippen molar-refractivity contribution in [1.29, 1.82) is 0 Å². The summed E-state index contributed by atoms with van der Waals surface area (Å²) in [6.45, 7) is 8.55. The van der Waals surface area contributed by atoms with Crippen LogP contribution in [0, 0.1) is 13.8 Å². The number of guanidine groups is 1. The number of aliphatic imine (C=N–C) groups is 1. The lowest BCUT2D eigenvalue weighted by molar-refractivity contribution is 0.0170. The topological polar surface area (TPSA) is 74.9 Å². The first kappa shape index (κ1) is 22.6. The van der Waals surface area contributed by atoms with Crippen LogP contribution in [0.15, 0.2) is 39.7 Å². The standard InChI is InChI=1S/C20H29N5O2.HI/c1-15-16(2)27-19(24-15)14-23-20(21-3)22-13-18(17-7-5-4-6-8-17)25-9-11-26-12-10-25;/h4-8,18H,9-14H2,1-3H3,(H2,21,22,23);1H. The molecule has 1 aliphatic rings. The van der Waals surface area contributed by atoms with E-state index in [2.05, 4.69) is 49.8 Å². The predicted octanol–water partition coefficient (Wildman–Crippen LogP) is 2.65. The zero-order valence-electron chi connectivity index (χ0n) is 16.8. The molecule has 7 nitrogen and oxygen atoms in total. The minimum absolute atomic E-state index is 0. The Labute approximate surface area is 184 Å². The van der Waals surface area contributed by atoms with Crippen LogP contribution in [0.2, 0.25) is 0 Å². The number of aromatic nitrogens is 1. The number of ether oxygens (including phenoxy) is 1. The quantitative estimate of drug-likeness (QED) is 0.362. The van der Waals surface area contributed by atoms with Crippen LogP contribution in [-0.2, 0) is 11.3 Å². The van der Waals surface area contributed by atoms with Crippen LogP contribution in [0.1, 0.15) is 29.0 Å². The van der Waals surface area contributed by atoms with Gasteiger partial charge in [-0.15, -0.1) is 24.0 Å². The molecule has 1 aliphatic heterocycles. The van der Waals surface area contributed by atoms with Gasteiger partial charge in [0.1, 0.15) is 5.76 Å². The van der Waals surface area contributed by atoms with Crippen molar-refractivity contribution in [3.05, 3.63) is 53.2 Å². The maximum atomic E-state index is 5.62. The highest BCUT2D eigenvalue weighted by Crippen LogP contribution is 2.21. The minimum atomic E-state index is 0. The Hall–Kier alpha value is -1.65. The second-order valence-corrected chi connectivity index (χ2v) is 6.63. The van der Waals surface area contributed by atoms with Crippen LogP contribution in [0.25, 0.3) is 0 Å². The van der Waals surface area contributed by atoms with E-state index in [1.54, 1.807) is 7.05 Å². The Morgan fingerprint density at radius 2 is 1.89 bits per heavy atom. The first-order valence-electron chi connectivity index (χ1n) is 9.41. The molecule has 0 spiro atoms. The lowest BCUT2D eigenvalue weighted by atomic mass is 10.0. The average Bonchev–Trinajstić information content (AvgIpc) is 3.03. The molecule has 1 saturated heterocycles. The van der Waals surface area contributed by atoms with Gasteiger partial charge in [-0.25, -0.2) is 4.98 Å². The Kier molecular flexibility index (Phi) is 9.20. The molecule has 1 aromatic carbocycles. The fraction of sp³-hybridized carbons (Fsp3) is 0.500. The van der Waals surface area contributed by atoms with Gasteiger partial charge in [0.25, 0.3) is 0 Å².